The SMILES string of the molecule is CCc1cccc(C(OC(c2cccc(CC)c2)C2CO2)C2CO2)c1. The molecule has 0 aliphatic carbocycles. The van der Waals surface area contributed by atoms with E-state index in [1.165, 1.54) is 22.3 Å². The largest absolute Gasteiger partial charge is 0.370 e. The topological polar surface area (TPSA) is 34.3 Å². The summed E-state index contributed by atoms with van der Waals surface area (Å²) in [5.41, 5.74) is 5.08. The molecule has 25 heavy (non-hydrogen) atoms. The summed E-state index contributed by atoms with van der Waals surface area (Å²) in [6, 6.07) is 17.4. The number of ether oxygens (including phenoxy) is 3. The van der Waals surface area contributed by atoms with Gasteiger partial charge in [-0.05, 0) is 35.1 Å². The standard InChI is InChI=1S/C22H26O3/c1-3-15-7-5-9-17(11-15)21(19-13-23-19)25-22(20-14-24-20)18-10-6-8-16(4-2)12-18/h5-12,19-22H,3-4,13-14H2,1-2H3. The van der Waals surface area contributed by atoms with Crippen molar-refractivity contribution in [2.75, 3.05) is 13.2 Å². The highest BCUT2D eigenvalue weighted by Gasteiger charge is 2.42. The zero-order valence-electron chi connectivity index (χ0n) is 15.0. The van der Waals surface area contributed by atoms with E-state index in [1.807, 2.05) is 0 Å². The van der Waals surface area contributed by atoms with Gasteiger partial charge in [0.05, 0.1) is 13.2 Å². The van der Waals surface area contributed by atoms with Gasteiger partial charge in [-0.2, -0.15) is 0 Å². The predicted molar refractivity (Wildman–Crippen MR) is 97.7 cm³/mol. The van der Waals surface area contributed by atoms with Crippen molar-refractivity contribution in [3.8, 4) is 0 Å². The zero-order chi connectivity index (χ0) is 17.2. The lowest BCUT2D eigenvalue weighted by Crippen LogP contribution is -2.19. The molecule has 2 saturated heterocycles. The molecule has 2 aromatic rings. The summed E-state index contributed by atoms with van der Waals surface area (Å²) >= 11 is 0. The second kappa shape index (κ2) is 7.28. The van der Waals surface area contributed by atoms with Crippen molar-refractivity contribution in [2.45, 2.75) is 51.1 Å². The summed E-state index contributed by atoms with van der Waals surface area (Å²) in [6.45, 7) is 5.90. The second-order valence-electron chi connectivity index (χ2n) is 6.92. The van der Waals surface area contributed by atoms with E-state index in [9.17, 15) is 0 Å². The smallest absolute Gasteiger partial charge is 0.112 e. The summed E-state index contributed by atoms with van der Waals surface area (Å²) in [6.07, 6.45) is 2.29. The van der Waals surface area contributed by atoms with Crippen LogP contribution in [0.3, 0.4) is 0 Å². The number of epoxide rings is 2. The van der Waals surface area contributed by atoms with E-state index in [4.69, 9.17) is 14.2 Å². The Morgan fingerprint density at radius 1 is 0.840 bits per heavy atom. The van der Waals surface area contributed by atoms with Crippen LogP contribution in [0.2, 0.25) is 0 Å². The van der Waals surface area contributed by atoms with Gasteiger partial charge in [0.1, 0.15) is 24.4 Å². The summed E-state index contributed by atoms with van der Waals surface area (Å²) in [5.74, 6) is 0. The summed E-state index contributed by atoms with van der Waals surface area (Å²) in [4.78, 5) is 0. The van der Waals surface area contributed by atoms with E-state index in [2.05, 4.69) is 62.4 Å². The van der Waals surface area contributed by atoms with Gasteiger partial charge in [0.25, 0.3) is 0 Å². The molecule has 2 aliphatic rings. The number of benzene rings is 2. The Kier molecular flexibility index (Phi) is 4.89. The Balaban J connectivity index is 1.60. The van der Waals surface area contributed by atoms with Crippen molar-refractivity contribution in [1.29, 1.82) is 0 Å². The molecule has 0 N–H and O–H groups in total. The zero-order valence-corrected chi connectivity index (χ0v) is 15.0. The van der Waals surface area contributed by atoms with Crippen LogP contribution in [0.15, 0.2) is 48.5 Å². The molecule has 4 unspecified atom stereocenters. The maximum absolute atomic E-state index is 6.62. The molecule has 2 aromatic carbocycles. The highest BCUT2D eigenvalue weighted by molar-refractivity contribution is 5.29. The Morgan fingerprint density at radius 2 is 1.28 bits per heavy atom. The maximum Gasteiger partial charge on any atom is 0.112 e. The van der Waals surface area contributed by atoms with E-state index in [1.54, 1.807) is 0 Å². The number of rotatable bonds is 8. The van der Waals surface area contributed by atoms with Crippen molar-refractivity contribution in [3.63, 3.8) is 0 Å². The van der Waals surface area contributed by atoms with Crippen molar-refractivity contribution >= 4 is 0 Å². The minimum atomic E-state index is -0.0361. The van der Waals surface area contributed by atoms with Gasteiger partial charge in [-0.3, -0.25) is 0 Å². The highest BCUT2D eigenvalue weighted by Crippen LogP contribution is 2.40. The number of hydrogen-bond acceptors (Lipinski definition) is 3. The average Bonchev–Trinajstić information content (AvgIpc) is 3.56. The molecule has 4 atom stereocenters. The lowest BCUT2D eigenvalue weighted by Gasteiger charge is -2.24. The Bertz CT molecular complexity index is 657. The predicted octanol–water partition coefficient (Wildman–Crippen LogP) is 4.41. The third-order valence-electron chi connectivity index (χ3n) is 5.06. The Labute approximate surface area is 149 Å². The first-order valence-electron chi connectivity index (χ1n) is 9.34. The van der Waals surface area contributed by atoms with Crippen molar-refractivity contribution in [2.24, 2.45) is 0 Å². The molecule has 132 valence electrons. The van der Waals surface area contributed by atoms with E-state index >= 15 is 0 Å². The molecule has 0 aromatic heterocycles. The van der Waals surface area contributed by atoms with Gasteiger partial charge in [0.2, 0.25) is 0 Å². The summed E-state index contributed by atoms with van der Waals surface area (Å²) < 4.78 is 17.8. The van der Waals surface area contributed by atoms with Crippen molar-refractivity contribution in [1.82, 2.24) is 0 Å². The fraction of sp³-hybridized carbons (Fsp3) is 0.455. The van der Waals surface area contributed by atoms with Crippen LogP contribution in [0, 0.1) is 0 Å². The molecule has 2 heterocycles. The van der Waals surface area contributed by atoms with E-state index in [0.717, 1.165) is 26.1 Å². The molecular weight excluding hydrogens is 312 g/mol. The summed E-state index contributed by atoms with van der Waals surface area (Å²) in [5, 5.41) is 0. The molecule has 0 bridgehead atoms. The van der Waals surface area contributed by atoms with Crippen LogP contribution in [-0.4, -0.2) is 25.4 Å². The molecule has 3 heteroatoms. The van der Waals surface area contributed by atoms with Crippen molar-refractivity contribution in [3.05, 3.63) is 70.8 Å². The molecular formula is C22H26O3. The first kappa shape index (κ1) is 16.8. The van der Waals surface area contributed by atoms with Gasteiger partial charge in [-0.15, -0.1) is 0 Å². The normalized spacial score (nSPS) is 23.9. The first-order valence-corrected chi connectivity index (χ1v) is 9.34. The quantitative estimate of drug-likeness (QED) is 0.669. The monoisotopic (exact) mass is 338 g/mol. The maximum atomic E-state index is 6.62. The third-order valence-corrected chi connectivity index (χ3v) is 5.06. The molecule has 0 radical (unpaired) electrons. The molecule has 0 spiro atoms. The van der Waals surface area contributed by atoms with Crippen LogP contribution < -0.4 is 0 Å². The van der Waals surface area contributed by atoms with Gasteiger partial charge in [-0.1, -0.05) is 62.4 Å². The van der Waals surface area contributed by atoms with E-state index in [-0.39, 0.29) is 24.4 Å². The van der Waals surface area contributed by atoms with Crippen LogP contribution in [0.25, 0.3) is 0 Å². The molecule has 0 amide bonds. The molecule has 2 aliphatic heterocycles. The molecule has 3 nitrogen and oxygen atoms in total. The minimum Gasteiger partial charge on any atom is -0.370 e. The van der Waals surface area contributed by atoms with Crippen molar-refractivity contribution < 1.29 is 14.2 Å². The fourth-order valence-corrected chi connectivity index (χ4v) is 3.36. The molecule has 2 fully saturated rings. The molecule has 4 rings (SSSR count). The lowest BCUT2D eigenvalue weighted by atomic mass is 10.00. The number of hydrogen-bond donors (Lipinski definition) is 0. The van der Waals surface area contributed by atoms with Crippen LogP contribution in [0.5, 0.6) is 0 Å². The minimum absolute atomic E-state index is 0.0361. The van der Waals surface area contributed by atoms with Gasteiger partial charge in [0, 0.05) is 0 Å². The van der Waals surface area contributed by atoms with Gasteiger partial charge >= 0.3 is 0 Å². The van der Waals surface area contributed by atoms with Crippen LogP contribution >= 0.6 is 0 Å². The lowest BCUT2D eigenvalue weighted by molar-refractivity contribution is -0.0419. The Morgan fingerprint density at radius 3 is 1.64 bits per heavy atom. The molecule has 0 saturated carbocycles. The second-order valence-corrected chi connectivity index (χ2v) is 6.92. The van der Waals surface area contributed by atoms with Crippen LogP contribution in [0.4, 0.5) is 0 Å². The fourth-order valence-electron chi connectivity index (χ4n) is 3.36. The van der Waals surface area contributed by atoms with E-state index < -0.39 is 0 Å². The first-order chi connectivity index (χ1) is 12.3. The Hall–Kier alpha value is -1.68. The van der Waals surface area contributed by atoms with Crippen LogP contribution in [-0.2, 0) is 27.1 Å². The van der Waals surface area contributed by atoms with Gasteiger partial charge in [-0.25, -0.2) is 0 Å². The highest BCUT2D eigenvalue weighted by atomic mass is 16.6. The van der Waals surface area contributed by atoms with Gasteiger partial charge in [0.15, 0.2) is 0 Å². The van der Waals surface area contributed by atoms with E-state index in [0.29, 0.717) is 0 Å². The summed E-state index contributed by atoms with van der Waals surface area (Å²) in [7, 11) is 0. The van der Waals surface area contributed by atoms with Crippen LogP contribution in [0.1, 0.15) is 48.3 Å². The third kappa shape index (κ3) is 3.95. The number of aryl methyl sites for hydroxylation is 2. The van der Waals surface area contributed by atoms with Gasteiger partial charge < -0.3 is 14.2 Å². The average molecular weight is 338 g/mol.